The predicted octanol–water partition coefficient (Wildman–Crippen LogP) is 4.76. The second-order valence-electron chi connectivity index (χ2n) is 4.77. The fraction of sp³-hybridized carbons (Fsp3) is 0.267. The van der Waals surface area contributed by atoms with Gasteiger partial charge in [0, 0.05) is 29.4 Å². The molecule has 0 fully saturated rings. The number of halogens is 2. The van der Waals surface area contributed by atoms with Gasteiger partial charge in [-0.3, -0.25) is 0 Å². The molecule has 20 heavy (non-hydrogen) atoms. The Hall–Kier alpha value is -1.29. The van der Waals surface area contributed by atoms with Crippen molar-refractivity contribution in [2.75, 3.05) is 0 Å². The molecule has 1 aromatic carbocycles. The van der Waals surface area contributed by atoms with Gasteiger partial charge in [-0.25, -0.2) is 4.98 Å². The fourth-order valence-electron chi connectivity index (χ4n) is 1.72. The molecule has 1 heterocycles. The maximum Gasteiger partial charge on any atom is 0.219 e. The van der Waals surface area contributed by atoms with Crippen LogP contribution in [0, 0.1) is 0 Å². The first-order chi connectivity index (χ1) is 9.49. The van der Waals surface area contributed by atoms with E-state index in [9.17, 15) is 0 Å². The van der Waals surface area contributed by atoms with Gasteiger partial charge in [0.25, 0.3) is 0 Å². The molecule has 0 aliphatic heterocycles. The van der Waals surface area contributed by atoms with Crippen molar-refractivity contribution >= 4 is 23.2 Å². The van der Waals surface area contributed by atoms with Crippen LogP contribution in [-0.4, -0.2) is 4.98 Å². The Kier molecular flexibility index (Phi) is 4.86. The van der Waals surface area contributed by atoms with E-state index in [1.807, 2.05) is 12.1 Å². The van der Waals surface area contributed by atoms with Crippen LogP contribution < -0.4 is 10.5 Å². The lowest BCUT2D eigenvalue weighted by atomic mass is 10.1. The lowest BCUT2D eigenvalue weighted by Gasteiger charge is -2.12. The first-order valence-corrected chi connectivity index (χ1v) is 7.09. The summed E-state index contributed by atoms with van der Waals surface area (Å²) in [7, 11) is 0. The maximum atomic E-state index is 6.09. The van der Waals surface area contributed by atoms with Crippen LogP contribution >= 0.6 is 23.2 Å². The summed E-state index contributed by atoms with van der Waals surface area (Å²) in [6, 6.07) is 8.85. The van der Waals surface area contributed by atoms with E-state index in [4.69, 9.17) is 33.7 Å². The van der Waals surface area contributed by atoms with Crippen LogP contribution in [0.3, 0.4) is 0 Å². The molecular formula is C15H16Cl2N2O. The van der Waals surface area contributed by atoms with Crippen LogP contribution in [0.25, 0.3) is 0 Å². The zero-order valence-electron chi connectivity index (χ0n) is 11.4. The highest BCUT2D eigenvalue weighted by Crippen LogP contribution is 2.32. The lowest BCUT2D eigenvalue weighted by molar-refractivity contribution is 0.459. The van der Waals surface area contributed by atoms with Gasteiger partial charge in [-0.2, -0.15) is 0 Å². The van der Waals surface area contributed by atoms with Crippen LogP contribution in [0.2, 0.25) is 10.0 Å². The molecule has 0 aliphatic rings. The highest BCUT2D eigenvalue weighted by atomic mass is 35.5. The van der Waals surface area contributed by atoms with Crippen molar-refractivity contribution in [1.29, 1.82) is 0 Å². The van der Waals surface area contributed by atoms with E-state index in [1.165, 1.54) is 0 Å². The average molecular weight is 311 g/mol. The molecule has 1 aromatic heterocycles. The summed E-state index contributed by atoms with van der Waals surface area (Å²) in [6.45, 7) is 4.57. The van der Waals surface area contributed by atoms with Crippen molar-refractivity contribution in [3.8, 4) is 11.6 Å². The van der Waals surface area contributed by atoms with Crippen molar-refractivity contribution in [3.63, 3.8) is 0 Å². The topological polar surface area (TPSA) is 48.1 Å². The van der Waals surface area contributed by atoms with E-state index >= 15 is 0 Å². The third kappa shape index (κ3) is 3.63. The zero-order valence-corrected chi connectivity index (χ0v) is 12.9. The molecule has 0 saturated carbocycles. The van der Waals surface area contributed by atoms with Crippen molar-refractivity contribution in [2.45, 2.75) is 26.3 Å². The van der Waals surface area contributed by atoms with Crippen molar-refractivity contribution < 1.29 is 4.74 Å². The highest BCUT2D eigenvalue weighted by Gasteiger charge is 2.09. The average Bonchev–Trinajstić information content (AvgIpc) is 2.42. The second-order valence-corrected chi connectivity index (χ2v) is 5.62. The Morgan fingerprint density at radius 1 is 1.20 bits per heavy atom. The number of rotatable bonds is 4. The Bertz CT molecular complexity index is 615. The number of hydrogen-bond donors (Lipinski definition) is 1. The van der Waals surface area contributed by atoms with Crippen molar-refractivity contribution in [2.24, 2.45) is 5.73 Å². The largest absolute Gasteiger partial charge is 0.437 e. The van der Waals surface area contributed by atoms with Crippen LogP contribution in [0.5, 0.6) is 11.6 Å². The van der Waals surface area contributed by atoms with Gasteiger partial charge in [-0.1, -0.05) is 37.0 Å². The van der Waals surface area contributed by atoms with E-state index in [-0.39, 0.29) is 0 Å². The molecule has 0 amide bonds. The molecule has 3 nitrogen and oxygen atoms in total. The molecule has 0 unspecified atom stereocenters. The van der Waals surface area contributed by atoms with Gasteiger partial charge in [0.15, 0.2) is 0 Å². The van der Waals surface area contributed by atoms with E-state index in [0.717, 1.165) is 11.3 Å². The van der Waals surface area contributed by atoms with Crippen molar-refractivity contribution in [3.05, 3.63) is 51.6 Å². The smallest absolute Gasteiger partial charge is 0.219 e. The first-order valence-electron chi connectivity index (χ1n) is 6.33. The standard InChI is InChI=1S/C15H16Cl2N2O/c1-9(2)13-5-10(8-18)6-15(19-13)20-14-7-11(16)3-4-12(14)17/h3-7,9H,8,18H2,1-2H3. The molecule has 0 saturated heterocycles. The molecule has 2 N–H and O–H groups in total. The Morgan fingerprint density at radius 3 is 2.60 bits per heavy atom. The molecule has 106 valence electrons. The highest BCUT2D eigenvalue weighted by molar-refractivity contribution is 6.34. The summed E-state index contributed by atoms with van der Waals surface area (Å²) in [5, 5.41) is 1.05. The third-order valence-electron chi connectivity index (χ3n) is 2.82. The maximum absolute atomic E-state index is 6.09. The van der Waals surface area contributed by atoms with Crippen LogP contribution in [0.1, 0.15) is 31.0 Å². The van der Waals surface area contributed by atoms with Crippen molar-refractivity contribution in [1.82, 2.24) is 4.98 Å². The number of aromatic nitrogens is 1. The quantitative estimate of drug-likeness (QED) is 0.885. The second kappa shape index (κ2) is 6.44. The van der Waals surface area contributed by atoms with Crippen LogP contribution in [0.4, 0.5) is 0 Å². The minimum atomic E-state index is 0.290. The monoisotopic (exact) mass is 310 g/mol. The normalized spacial score (nSPS) is 10.9. The molecular weight excluding hydrogens is 295 g/mol. The molecule has 5 heteroatoms. The van der Waals surface area contributed by atoms with Gasteiger partial charge >= 0.3 is 0 Å². The summed E-state index contributed by atoms with van der Waals surface area (Å²) in [5.41, 5.74) is 7.61. The summed E-state index contributed by atoms with van der Waals surface area (Å²) < 4.78 is 5.74. The number of benzene rings is 1. The number of nitrogens with zero attached hydrogens (tertiary/aromatic N) is 1. The number of pyridine rings is 1. The SMILES string of the molecule is CC(C)c1cc(CN)cc(Oc2cc(Cl)ccc2Cl)n1. The van der Waals surface area contributed by atoms with Crippen LogP contribution in [0.15, 0.2) is 30.3 Å². The number of ether oxygens (including phenoxy) is 1. The fourth-order valence-corrected chi connectivity index (χ4v) is 2.03. The molecule has 0 aliphatic carbocycles. The van der Waals surface area contributed by atoms with E-state index in [1.54, 1.807) is 18.2 Å². The first kappa shape index (κ1) is 15.1. The zero-order chi connectivity index (χ0) is 14.7. The van der Waals surface area contributed by atoms with Gasteiger partial charge in [0.05, 0.1) is 5.02 Å². The van der Waals surface area contributed by atoms with Gasteiger partial charge < -0.3 is 10.5 Å². The lowest BCUT2D eigenvalue weighted by Crippen LogP contribution is -2.02. The summed E-state index contributed by atoms with van der Waals surface area (Å²) in [4.78, 5) is 4.47. The Labute approximate surface area is 128 Å². The van der Waals surface area contributed by atoms with Gasteiger partial charge in [-0.05, 0) is 29.7 Å². The van der Waals surface area contributed by atoms with Gasteiger partial charge in [-0.15, -0.1) is 0 Å². The van der Waals surface area contributed by atoms with E-state index in [2.05, 4.69) is 18.8 Å². The molecule has 0 radical (unpaired) electrons. The van der Waals surface area contributed by atoms with Gasteiger partial charge in [0.1, 0.15) is 5.75 Å². The summed E-state index contributed by atoms with van der Waals surface area (Å²) in [5.74, 6) is 1.25. The molecule has 0 atom stereocenters. The van der Waals surface area contributed by atoms with E-state index < -0.39 is 0 Å². The third-order valence-corrected chi connectivity index (χ3v) is 3.36. The minimum Gasteiger partial charge on any atom is -0.437 e. The Morgan fingerprint density at radius 2 is 1.95 bits per heavy atom. The van der Waals surface area contributed by atoms with E-state index in [0.29, 0.717) is 34.1 Å². The minimum absolute atomic E-state index is 0.290. The Balaban J connectivity index is 2.37. The van der Waals surface area contributed by atoms with Crippen LogP contribution in [-0.2, 0) is 6.54 Å². The van der Waals surface area contributed by atoms with Gasteiger partial charge in [0.2, 0.25) is 5.88 Å². The molecule has 0 spiro atoms. The number of nitrogens with two attached hydrogens (primary N) is 1. The number of hydrogen-bond acceptors (Lipinski definition) is 3. The molecule has 2 aromatic rings. The molecule has 2 rings (SSSR count). The summed E-state index contributed by atoms with van der Waals surface area (Å²) in [6.07, 6.45) is 0. The summed E-state index contributed by atoms with van der Waals surface area (Å²) >= 11 is 12.0. The predicted molar refractivity (Wildman–Crippen MR) is 82.8 cm³/mol. The molecule has 0 bridgehead atoms.